The zero-order valence-electron chi connectivity index (χ0n) is 18.5. The maximum Gasteiger partial charge on any atom is 0.259 e. The van der Waals surface area contributed by atoms with Gasteiger partial charge in [-0.15, -0.1) is 11.3 Å². The highest BCUT2D eigenvalue weighted by Gasteiger charge is 2.21. The summed E-state index contributed by atoms with van der Waals surface area (Å²) < 4.78 is 10.9. The van der Waals surface area contributed by atoms with E-state index in [2.05, 4.69) is 9.88 Å². The van der Waals surface area contributed by atoms with Crippen molar-refractivity contribution in [2.45, 2.75) is 44.8 Å². The molecule has 4 rings (SSSR count). The van der Waals surface area contributed by atoms with Crippen molar-refractivity contribution in [3.05, 3.63) is 57.0 Å². The van der Waals surface area contributed by atoms with Crippen molar-refractivity contribution < 1.29 is 14.6 Å². The van der Waals surface area contributed by atoms with Crippen LogP contribution in [0.25, 0.3) is 10.2 Å². The molecule has 1 aliphatic carbocycles. The Morgan fingerprint density at radius 1 is 1.25 bits per heavy atom. The van der Waals surface area contributed by atoms with Crippen molar-refractivity contribution in [2.75, 3.05) is 33.4 Å². The molecule has 8 heteroatoms. The Balaban J connectivity index is 1.45. The quantitative estimate of drug-likeness (QED) is 0.430. The second kappa shape index (κ2) is 11.0. The number of aryl methyl sites for hydroxylation is 2. The fraction of sp³-hybridized carbons (Fsp3) is 0.500. The van der Waals surface area contributed by atoms with Gasteiger partial charge >= 0.3 is 0 Å². The van der Waals surface area contributed by atoms with Crippen LogP contribution in [0.2, 0.25) is 0 Å². The van der Waals surface area contributed by atoms with E-state index in [-0.39, 0.29) is 12.2 Å². The molecule has 0 amide bonds. The highest BCUT2D eigenvalue weighted by atomic mass is 32.1. The molecule has 0 aliphatic heterocycles. The third-order valence-electron chi connectivity index (χ3n) is 5.72. The molecule has 0 unspecified atom stereocenters. The van der Waals surface area contributed by atoms with Gasteiger partial charge < -0.3 is 19.6 Å². The Hall–Kier alpha value is -2.26. The molecule has 0 radical (unpaired) electrons. The zero-order chi connectivity index (χ0) is 22.3. The molecule has 2 N–H and O–H groups in total. The van der Waals surface area contributed by atoms with E-state index in [1.165, 1.54) is 16.9 Å². The van der Waals surface area contributed by atoms with E-state index in [1.807, 2.05) is 30.3 Å². The van der Waals surface area contributed by atoms with Gasteiger partial charge in [-0.05, 0) is 49.8 Å². The number of nitrogens with zero attached hydrogens (tertiary/aromatic N) is 2. The standard InChI is InChI=1S/C24H31N3O4S/c1-30-13-7-12-27(14-17(28)16-31-18-8-3-2-4-9-18)15-21-25-23(29)22-19-10-5-6-11-20(19)32-24(22)26-21/h2-4,8-9,17,28H,5-7,10-16H2,1H3,(H,25,26,29)/t17-/m0/s1. The van der Waals surface area contributed by atoms with E-state index in [4.69, 9.17) is 14.5 Å². The van der Waals surface area contributed by atoms with Gasteiger partial charge in [-0.3, -0.25) is 9.69 Å². The summed E-state index contributed by atoms with van der Waals surface area (Å²) in [4.78, 5) is 24.9. The number of methoxy groups -OCH3 is 1. The Bertz CT molecular complexity index is 1070. The van der Waals surface area contributed by atoms with Crippen molar-refractivity contribution in [3.63, 3.8) is 0 Å². The molecule has 2 aromatic heterocycles. The number of nitrogens with one attached hydrogen (secondary N) is 1. The first-order chi connectivity index (χ1) is 15.6. The smallest absolute Gasteiger partial charge is 0.259 e. The number of ether oxygens (including phenoxy) is 2. The Morgan fingerprint density at radius 3 is 2.88 bits per heavy atom. The minimum absolute atomic E-state index is 0.0470. The molecule has 0 saturated carbocycles. The van der Waals surface area contributed by atoms with Gasteiger partial charge in [0.25, 0.3) is 5.56 Å². The molecule has 0 spiro atoms. The van der Waals surface area contributed by atoms with Gasteiger partial charge in [0.1, 0.15) is 29.1 Å². The predicted octanol–water partition coefficient (Wildman–Crippen LogP) is 3.14. The van der Waals surface area contributed by atoms with E-state index >= 15 is 0 Å². The van der Waals surface area contributed by atoms with E-state index < -0.39 is 6.10 Å². The van der Waals surface area contributed by atoms with Crippen molar-refractivity contribution in [1.29, 1.82) is 0 Å². The minimum atomic E-state index is -0.665. The van der Waals surface area contributed by atoms with Crippen molar-refractivity contribution in [1.82, 2.24) is 14.9 Å². The normalized spacial score (nSPS) is 14.6. The van der Waals surface area contributed by atoms with E-state index in [1.54, 1.807) is 18.4 Å². The molecule has 1 atom stereocenters. The SMILES string of the molecule is COCCCN(Cc1nc2sc3c(c2c(=O)[nH]1)CCCC3)C[C@H](O)COc1ccccc1. The van der Waals surface area contributed by atoms with Gasteiger partial charge in [0, 0.05) is 31.7 Å². The number of aromatic nitrogens is 2. The second-order valence-electron chi connectivity index (χ2n) is 8.26. The van der Waals surface area contributed by atoms with E-state index in [0.717, 1.165) is 48.2 Å². The molecule has 0 bridgehead atoms. The Morgan fingerprint density at radius 2 is 2.06 bits per heavy atom. The Labute approximate surface area is 192 Å². The zero-order valence-corrected chi connectivity index (χ0v) is 19.3. The second-order valence-corrected chi connectivity index (χ2v) is 9.35. The third-order valence-corrected chi connectivity index (χ3v) is 6.91. The van der Waals surface area contributed by atoms with E-state index in [9.17, 15) is 9.90 Å². The number of aliphatic hydroxyl groups is 1. The molecule has 32 heavy (non-hydrogen) atoms. The summed E-state index contributed by atoms with van der Waals surface area (Å²) >= 11 is 1.66. The van der Waals surface area contributed by atoms with Crippen LogP contribution in [-0.4, -0.2) is 59.5 Å². The summed E-state index contributed by atoms with van der Waals surface area (Å²) in [6, 6.07) is 9.47. The lowest BCUT2D eigenvalue weighted by molar-refractivity contribution is 0.0609. The van der Waals surface area contributed by atoms with Crippen LogP contribution in [0.4, 0.5) is 0 Å². The lowest BCUT2D eigenvalue weighted by atomic mass is 9.97. The molecule has 172 valence electrons. The van der Waals surface area contributed by atoms with Crippen LogP contribution in [0.1, 0.15) is 35.5 Å². The van der Waals surface area contributed by atoms with Gasteiger partial charge in [-0.2, -0.15) is 0 Å². The lowest BCUT2D eigenvalue weighted by Gasteiger charge is -2.24. The number of hydrogen-bond donors (Lipinski definition) is 2. The van der Waals surface area contributed by atoms with Crippen LogP contribution in [0, 0.1) is 0 Å². The maximum absolute atomic E-state index is 12.9. The number of aliphatic hydroxyl groups excluding tert-OH is 1. The molecular formula is C24H31N3O4S. The van der Waals surface area contributed by atoms with Gasteiger partial charge in [0.05, 0.1) is 11.9 Å². The molecular weight excluding hydrogens is 426 g/mol. The monoisotopic (exact) mass is 457 g/mol. The Kier molecular flexibility index (Phi) is 7.91. The number of para-hydroxylation sites is 1. The van der Waals surface area contributed by atoms with Crippen LogP contribution >= 0.6 is 11.3 Å². The molecule has 3 aromatic rings. The fourth-order valence-corrected chi connectivity index (χ4v) is 5.50. The van der Waals surface area contributed by atoms with Gasteiger partial charge in [-0.1, -0.05) is 18.2 Å². The van der Waals surface area contributed by atoms with Crippen LogP contribution in [0.5, 0.6) is 5.75 Å². The largest absolute Gasteiger partial charge is 0.491 e. The molecule has 2 heterocycles. The molecule has 0 fully saturated rings. The number of H-pyrrole nitrogens is 1. The molecule has 7 nitrogen and oxygen atoms in total. The van der Waals surface area contributed by atoms with Crippen LogP contribution in [0.3, 0.4) is 0 Å². The summed E-state index contributed by atoms with van der Waals surface area (Å²) in [7, 11) is 1.68. The fourth-order valence-electron chi connectivity index (χ4n) is 4.22. The average molecular weight is 458 g/mol. The van der Waals surface area contributed by atoms with Crippen LogP contribution in [0.15, 0.2) is 35.1 Å². The number of rotatable bonds is 11. The van der Waals surface area contributed by atoms with E-state index in [0.29, 0.717) is 25.5 Å². The van der Waals surface area contributed by atoms with Gasteiger partial charge in [0.2, 0.25) is 0 Å². The first-order valence-electron chi connectivity index (χ1n) is 11.2. The van der Waals surface area contributed by atoms with Gasteiger partial charge in [-0.25, -0.2) is 4.98 Å². The number of thiophene rings is 1. The number of fused-ring (bicyclic) bond motifs is 3. The first kappa shape index (κ1) is 22.9. The number of aromatic amines is 1. The van der Waals surface area contributed by atoms with Crippen LogP contribution in [-0.2, 0) is 24.1 Å². The molecule has 1 aliphatic rings. The average Bonchev–Trinajstić information content (AvgIpc) is 3.17. The summed E-state index contributed by atoms with van der Waals surface area (Å²) in [6.45, 7) is 2.43. The van der Waals surface area contributed by atoms with Crippen molar-refractivity contribution >= 4 is 21.6 Å². The minimum Gasteiger partial charge on any atom is -0.491 e. The highest BCUT2D eigenvalue weighted by molar-refractivity contribution is 7.18. The lowest BCUT2D eigenvalue weighted by Crippen LogP contribution is -2.37. The predicted molar refractivity (Wildman–Crippen MR) is 127 cm³/mol. The van der Waals surface area contributed by atoms with Crippen molar-refractivity contribution in [3.8, 4) is 5.75 Å². The third kappa shape index (κ3) is 5.75. The molecule has 1 aromatic carbocycles. The van der Waals surface area contributed by atoms with Crippen molar-refractivity contribution in [2.24, 2.45) is 0 Å². The highest BCUT2D eigenvalue weighted by Crippen LogP contribution is 2.33. The summed E-state index contributed by atoms with van der Waals surface area (Å²) in [5.74, 6) is 1.37. The summed E-state index contributed by atoms with van der Waals surface area (Å²) in [5.41, 5.74) is 1.15. The first-order valence-corrected chi connectivity index (χ1v) is 12.1. The molecule has 0 saturated heterocycles. The number of benzene rings is 1. The topological polar surface area (TPSA) is 87.7 Å². The summed E-state index contributed by atoms with van der Waals surface area (Å²) in [6.07, 6.45) is 4.49. The van der Waals surface area contributed by atoms with Gasteiger partial charge in [0.15, 0.2) is 0 Å². The van der Waals surface area contributed by atoms with Crippen LogP contribution < -0.4 is 10.3 Å². The summed E-state index contributed by atoms with van der Waals surface area (Å²) in [5, 5.41) is 11.3. The number of hydrogen-bond acceptors (Lipinski definition) is 7. The maximum atomic E-state index is 12.9.